The first-order valence-electron chi connectivity index (χ1n) is 8.08. The molecule has 2 aromatic rings. The molecular formula is C16H19Cl2N5O2. The van der Waals surface area contributed by atoms with Crippen molar-refractivity contribution in [2.45, 2.75) is 25.0 Å². The molecule has 7 nitrogen and oxygen atoms in total. The molecule has 0 radical (unpaired) electrons. The van der Waals surface area contributed by atoms with Gasteiger partial charge >= 0.3 is 0 Å². The number of rotatable bonds is 5. The summed E-state index contributed by atoms with van der Waals surface area (Å²) in [6, 6.07) is 5.06. The Morgan fingerprint density at radius 2 is 2.00 bits per heavy atom. The fourth-order valence-corrected chi connectivity index (χ4v) is 3.34. The number of amides is 1. The third kappa shape index (κ3) is 4.70. The number of hydrogen-bond acceptors (Lipinski definition) is 5. The molecular weight excluding hydrogens is 365 g/mol. The van der Waals surface area contributed by atoms with Gasteiger partial charge in [0.1, 0.15) is 0 Å². The Kier molecular flexibility index (Phi) is 5.90. The van der Waals surface area contributed by atoms with Crippen LogP contribution in [0.5, 0.6) is 0 Å². The zero-order valence-electron chi connectivity index (χ0n) is 13.5. The second-order valence-corrected chi connectivity index (χ2v) is 6.87. The zero-order valence-corrected chi connectivity index (χ0v) is 15.0. The minimum absolute atomic E-state index is 0.0235. The quantitative estimate of drug-likeness (QED) is 0.733. The van der Waals surface area contributed by atoms with E-state index in [9.17, 15) is 9.90 Å². The number of aliphatic hydroxyl groups is 1. The fraction of sp³-hybridized carbons (Fsp3) is 0.438. The number of piperidine rings is 1. The van der Waals surface area contributed by atoms with Crippen LogP contribution in [-0.2, 0) is 0 Å². The normalized spacial score (nSPS) is 16.6. The van der Waals surface area contributed by atoms with Crippen LogP contribution in [0.1, 0.15) is 41.0 Å². The van der Waals surface area contributed by atoms with Crippen molar-refractivity contribution >= 4 is 29.1 Å². The Hall–Kier alpha value is -1.67. The first-order valence-corrected chi connectivity index (χ1v) is 8.83. The van der Waals surface area contributed by atoms with E-state index in [0.717, 1.165) is 25.9 Å². The van der Waals surface area contributed by atoms with Gasteiger partial charge in [-0.25, -0.2) is 4.68 Å². The van der Waals surface area contributed by atoms with Crippen LogP contribution in [-0.4, -0.2) is 45.6 Å². The molecule has 1 aromatic carbocycles. The maximum absolute atomic E-state index is 12.2. The van der Waals surface area contributed by atoms with E-state index in [1.807, 2.05) is 0 Å². The summed E-state index contributed by atoms with van der Waals surface area (Å²) >= 11 is 11.8. The van der Waals surface area contributed by atoms with E-state index in [1.165, 1.54) is 0 Å². The van der Waals surface area contributed by atoms with E-state index in [1.54, 1.807) is 29.1 Å². The predicted molar refractivity (Wildman–Crippen MR) is 94.9 cm³/mol. The second-order valence-electron chi connectivity index (χ2n) is 5.99. The molecule has 0 saturated carbocycles. The molecule has 25 heavy (non-hydrogen) atoms. The molecule has 134 valence electrons. The number of aromatic nitrogens is 3. The Morgan fingerprint density at radius 1 is 1.32 bits per heavy atom. The number of carbonyl (C=O) groups excluding carboxylic acids is 1. The molecule has 0 bridgehead atoms. The highest BCUT2D eigenvalue weighted by atomic mass is 35.5. The Balaban J connectivity index is 1.58. The smallest absolute Gasteiger partial charge is 0.273 e. The lowest BCUT2D eigenvalue weighted by Crippen LogP contribution is -2.30. The summed E-state index contributed by atoms with van der Waals surface area (Å²) in [7, 11) is 0. The topological polar surface area (TPSA) is 92.1 Å². The highest BCUT2D eigenvalue weighted by Crippen LogP contribution is 2.23. The molecule has 0 aliphatic carbocycles. The lowest BCUT2D eigenvalue weighted by molar-refractivity contribution is 0.0911. The highest BCUT2D eigenvalue weighted by molar-refractivity contribution is 6.34. The van der Waals surface area contributed by atoms with E-state index in [4.69, 9.17) is 23.2 Å². The van der Waals surface area contributed by atoms with Gasteiger partial charge in [0.05, 0.1) is 18.3 Å². The van der Waals surface area contributed by atoms with Crippen LogP contribution in [0.3, 0.4) is 0 Å². The number of carbonyl (C=O) groups is 1. The summed E-state index contributed by atoms with van der Waals surface area (Å²) in [5, 5.41) is 25.0. The number of benzene rings is 1. The lowest BCUT2D eigenvalue weighted by Gasteiger charge is -2.22. The van der Waals surface area contributed by atoms with Gasteiger partial charge in [0, 0.05) is 16.6 Å². The Morgan fingerprint density at radius 3 is 2.68 bits per heavy atom. The van der Waals surface area contributed by atoms with Gasteiger partial charge in [-0.15, -0.1) is 5.10 Å². The molecule has 1 aliphatic rings. The standard InChI is InChI=1S/C16H19Cl2N5O2/c17-11-5-10(6-12(18)7-11)15(24)8-20-16(25)14-9-23(22-21-14)13-1-3-19-4-2-13/h5-7,9,13,15,19,24H,1-4,8H2,(H,20,25). The molecule has 9 heteroatoms. The van der Waals surface area contributed by atoms with Crippen molar-refractivity contribution in [1.29, 1.82) is 0 Å². The molecule has 2 heterocycles. The second kappa shape index (κ2) is 8.14. The van der Waals surface area contributed by atoms with Crippen LogP contribution in [0.2, 0.25) is 10.0 Å². The molecule has 3 N–H and O–H groups in total. The third-order valence-corrected chi connectivity index (χ3v) is 4.59. The van der Waals surface area contributed by atoms with E-state index < -0.39 is 6.10 Å². The maximum Gasteiger partial charge on any atom is 0.273 e. The molecule has 1 aliphatic heterocycles. The Bertz CT molecular complexity index is 726. The van der Waals surface area contributed by atoms with Gasteiger partial charge in [0.2, 0.25) is 0 Å². The van der Waals surface area contributed by atoms with Crippen molar-refractivity contribution in [3.05, 3.63) is 45.7 Å². The van der Waals surface area contributed by atoms with Crippen LogP contribution >= 0.6 is 23.2 Å². The van der Waals surface area contributed by atoms with E-state index >= 15 is 0 Å². The monoisotopic (exact) mass is 383 g/mol. The highest BCUT2D eigenvalue weighted by Gasteiger charge is 2.19. The van der Waals surface area contributed by atoms with Gasteiger partial charge in [-0.2, -0.15) is 0 Å². The predicted octanol–water partition coefficient (Wildman–Crippen LogP) is 1.97. The molecule has 1 saturated heterocycles. The van der Waals surface area contributed by atoms with Crippen LogP contribution in [0.25, 0.3) is 0 Å². The van der Waals surface area contributed by atoms with Gasteiger partial charge in [0.25, 0.3) is 5.91 Å². The number of halogens is 2. The maximum atomic E-state index is 12.2. The van der Waals surface area contributed by atoms with Gasteiger partial charge in [0.15, 0.2) is 5.69 Å². The SMILES string of the molecule is O=C(NCC(O)c1cc(Cl)cc(Cl)c1)c1cn(C2CCNCC2)nn1. The molecule has 1 unspecified atom stereocenters. The van der Waals surface area contributed by atoms with Gasteiger partial charge in [-0.05, 0) is 49.7 Å². The van der Waals surface area contributed by atoms with Crippen LogP contribution in [0, 0.1) is 0 Å². The minimum Gasteiger partial charge on any atom is -0.387 e. The van der Waals surface area contributed by atoms with Crippen molar-refractivity contribution in [3.8, 4) is 0 Å². The summed E-state index contributed by atoms with van der Waals surface area (Å²) in [5.74, 6) is -0.382. The average Bonchev–Trinajstić information content (AvgIpc) is 3.09. The van der Waals surface area contributed by atoms with E-state index in [2.05, 4.69) is 20.9 Å². The van der Waals surface area contributed by atoms with Gasteiger partial charge in [-0.3, -0.25) is 4.79 Å². The molecule has 3 rings (SSSR count). The molecule has 1 fully saturated rings. The van der Waals surface area contributed by atoms with Crippen molar-refractivity contribution in [1.82, 2.24) is 25.6 Å². The molecule has 1 amide bonds. The average molecular weight is 384 g/mol. The van der Waals surface area contributed by atoms with Crippen molar-refractivity contribution in [3.63, 3.8) is 0 Å². The van der Waals surface area contributed by atoms with Gasteiger partial charge < -0.3 is 15.7 Å². The number of hydrogen-bond donors (Lipinski definition) is 3. The molecule has 1 aromatic heterocycles. The van der Waals surface area contributed by atoms with Gasteiger partial charge in [-0.1, -0.05) is 28.4 Å². The summed E-state index contributed by atoms with van der Waals surface area (Å²) in [6.45, 7) is 1.89. The van der Waals surface area contributed by atoms with Crippen molar-refractivity contribution < 1.29 is 9.90 Å². The summed E-state index contributed by atoms with van der Waals surface area (Å²) in [6.07, 6.45) is 2.64. The molecule has 0 spiro atoms. The first-order chi connectivity index (χ1) is 12.0. The fourth-order valence-electron chi connectivity index (χ4n) is 2.80. The minimum atomic E-state index is -0.917. The van der Waals surface area contributed by atoms with E-state index in [0.29, 0.717) is 15.6 Å². The number of aliphatic hydroxyl groups excluding tert-OH is 1. The first kappa shape index (κ1) is 18.1. The summed E-state index contributed by atoms with van der Waals surface area (Å²) < 4.78 is 1.74. The zero-order chi connectivity index (χ0) is 17.8. The Labute approximate surface area is 155 Å². The largest absolute Gasteiger partial charge is 0.387 e. The lowest BCUT2D eigenvalue weighted by atomic mass is 10.1. The van der Waals surface area contributed by atoms with Crippen LogP contribution in [0.15, 0.2) is 24.4 Å². The number of nitrogens with one attached hydrogen (secondary N) is 2. The van der Waals surface area contributed by atoms with Crippen molar-refractivity contribution in [2.75, 3.05) is 19.6 Å². The van der Waals surface area contributed by atoms with Crippen LogP contribution in [0.4, 0.5) is 0 Å². The van der Waals surface area contributed by atoms with Crippen molar-refractivity contribution in [2.24, 2.45) is 0 Å². The third-order valence-electron chi connectivity index (χ3n) is 4.15. The van der Waals surface area contributed by atoms with E-state index in [-0.39, 0.29) is 24.2 Å². The summed E-state index contributed by atoms with van der Waals surface area (Å²) in [5.41, 5.74) is 0.769. The summed E-state index contributed by atoms with van der Waals surface area (Å²) in [4.78, 5) is 12.2. The molecule has 1 atom stereocenters. The number of nitrogens with zero attached hydrogens (tertiary/aromatic N) is 3. The van der Waals surface area contributed by atoms with Crippen LogP contribution < -0.4 is 10.6 Å².